The molecular weight excluding hydrogens is 606 g/mol. The number of rotatable bonds is 7. The first-order valence-corrected chi connectivity index (χ1v) is 15.6. The maximum absolute atomic E-state index is 13.2. The van der Waals surface area contributed by atoms with E-state index in [1.54, 1.807) is 28.6 Å². The summed E-state index contributed by atoms with van der Waals surface area (Å²) in [6, 6.07) is 26.1. The topological polar surface area (TPSA) is 109 Å². The highest BCUT2D eigenvalue weighted by Gasteiger charge is 2.22. The van der Waals surface area contributed by atoms with Gasteiger partial charge < -0.3 is 10.4 Å². The van der Waals surface area contributed by atoms with Crippen molar-refractivity contribution in [3.63, 3.8) is 0 Å². The number of hydrogen-bond donors (Lipinski definition) is 3. The van der Waals surface area contributed by atoms with Crippen LogP contribution in [0.1, 0.15) is 37.6 Å². The molecule has 3 N–H and O–H groups in total. The average Bonchev–Trinajstić information content (AvgIpc) is 3.63. The number of phenolic OH excluding ortho intramolecular Hbond substituents is 1. The molecule has 9 nitrogen and oxygen atoms in total. The van der Waals surface area contributed by atoms with Gasteiger partial charge in [-0.2, -0.15) is 5.10 Å². The van der Waals surface area contributed by atoms with Crippen molar-refractivity contribution < 1.29 is 9.90 Å². The lowest BCUT2D eigenvalue weighted by molar-refractivity contribution is 0.251. The fraction of sp³-hybridized carbons (Fsp3) is 0.176. The van der Waals surface area contributed by atoms with Gasteiger partial charge in [0.15, 0.2) is 11.5 Å². The number of benzene rings is 3. The predicted molar refractivity (Wildman–Crippen MR) is 179 cm³/mol. The van der Waals surface area contributed by atoms with E-state index in [4.69, 9.17) is 16.7 Å². The molecule has 0 radical (unpaired) electrons. The molecule has 228 valence electrons. The number of urea groups is 1. The molecule has 0 fully saturated rings. The number of carbonyl (C=O) groups is 1. The Labute approximate surface area is 270 Å². The minimum absolute atomic E-state index is 0.0939. The zero-order valence-corrected chi connectivity index (χ0v) is 26.8. The fourth-order valence-electron chi connectivity index (χ4n) is 4.73. The Morgan fingerprint density at radius 1 is 0.978 bits per heavy atom. The highest BCUT2D eigenvalue weighted by Crippen LogP contribution is 2.34. The molecule has 2 amide bonds. The van der Waals surface area contributed by atoms with E-state index in [2.05, 4.69) is 41.6 Å². The third kappa shape index (κ3) is 6.67. The van der Waals surface area contributed by atoms with Gasteiger partial charge in [-0.15, -0.1) is 10.2 Å². The number of aryl methyl sites for hydroxylation is 1. The summed E-state index contributed by atoms with van der Waals surface area (Å²) in [6.45, 7) is 8.64. The summed E-state index contributed by atoms with van der Waals surface area (Å²) in [5.74, 6) is 1.21. The molecule has 0 saturated carbocycles. The molecule has 3 aromatic carbocycles. The van der Waals surface area contributed by atoms with Crippen LogP contribution in [0.4, 0.5) is 10.6 Å². The van der Waals surface area contributed by atoms with E-state index < -0.39 is 0 Å². The first kappa shape index (κ1) is 30.2. The number of halogens is 1. The van der Waals surface area contributed by atoms with Crippen LogP contribution in [0.25, 0.3) is 22.7 Å². The molecule has 6 rings (SSSR count). The molecule has 0 aliphatic carbocycles. The lowest BCUT2D eigenvalue weighted by Gasteiger charge is -2.14. The molecule has 0 bridgehead atoms. The zero-order valence-electron chi connectivity index (χ0n) is 25.2. The van der Waals surface area contributed by atoms with Crippen LogP contribution in [0.15, 0.2) is 101 Å². The smallest absolute Gasteiger partial charge is 0.320 e. The molecule has 3 heterocycles. The Bertz CT molecular complexity index is 2010. The maximum Gasteiger partial charge on any atom is 0.320 e. The number of aromatic hydroxyl groups is 1. The minimum atomic E-state index is -0.331. The minimum Gasteiger partial charge on any atom is -0.508 e. The van der Waals surface area contributed by atoms with Crippen molar-refractivity contribution >= 4 is 40.9 Å². The van der Waals surface area contributed by atoms with Crippen LogP contribution in [0.5, 0.6) is 5.75 Å². The van der Waals surface area contributed by atoms with Crippen LogP contribution >= 0.6 is 23.4 Å². The van der Waals surface area contributed by atoms with Gasteiger partial charge in [0.1, 0.15) is 11.6 Å². The Hall–Kier alpha value is -4.80. The Kier molecular flexibility index (Phi) is 8.26. The third-order valence-corrected chi connectivity index (χ3v) is 8.63. The summed E-state index contributed by atoms with van der Waals surface area (Å²) in [4.78, 5) is 15.1. The van der Waals surface area contributed by atoms with Gasteiger partial charge in [-0.05, 0) is 61.0 Å². The summed E-state index contributed by atoms with van der Waals surface area (Å²) in [5.41, 5.74) is 4.89. The lowest BCUT2D eigenvalue weighted by atomic mass is 9.92. The summed E-state index contributed by atoms with van der Waals surface area (Å²) in [6.07, 6.45) is 1.94. The van der Waals surface area contributed by atoms with Crippen molar-refractivity contribution in [1.29, 1.82) is 0 Å². The number of nitrogens with one attached hydrogen (secondary N) is 2. The first-order valence-electron chi connectivity index (χ1n) is 14.4. The van der Waals surface area contributed by atoms with E-state index in [-0.39, 0.29) is 17.2 Å². The highest BCUT2D eigenvalue weighted by atomic mass is 35.5. The molecule has 6 aromatic rings. The van der Waals surface area contributed by atoms with E-state index in [0.29, 0.717) is 34.4 Å². The predicted octanol–water partition coefficient (Wildman–Crippen LogP) is 8.02. The highest BCUT2D eigenvalue weighted by molar-refractivity contribution is 7.99. The number of aromatic nitrogens is 5. The van der Waals surface area contributed by atoms with E-state index >= 15 is 0 Å². The van der Waals surface area contributed by atoms with Gasteiger partial charge in [0.05, 0.1) is 16.4 Å². The lowest BCUT2D eigenvalue weighted by Crippen LogP contribution is -2.29. The van der Waals surface area contributed by atoms with Gasteiger partial charge in [-0.3, -0.25) is 9.72 Å². The van der Waals surface area contributed by atoms with Gasteiger partial charge in [-0.1, -0.05) is 80.0 Å². The Morgan fingerprint density at radius 2 is 1.76 bits per heavy atom. The number of phenols is 1. The molecular formula is C34H32ClN7O2S. The summed E-state index contributed by atoms with van der Waals surface area (Å²) in [7, 11) is 0. The molecule has 0 spiro atoms. The quantitative estimate of drug-likeness (QED) is 0.164. The maximum atomic E-state index is 13.2. The first-order chi connectivity index (χ1) is 21.5. The molecule has 0 unspecified atom stereocenters. The van der Waals surface area contributed by atoms with Gasteiger partial charge in [-0.25, -0.2) is 9.48 Å². The molecule has 0 saturated heterocycles. The fourth-order valence-corrected chi connectivity index (χ4v) is 5.90. The number of pyridine rings is 1. The van der Waals surface area contributed by atoms with Crippen molar-refractivity contribution in [3.8, 4) is 22.8 Å². The van der Waals surface area contributed by atoms with E-state index in [1.165, 1.54) is 6.07 Å². The van der Waals surface area contributed by atoms with Crippen molar-refractivity contribution in [2.75, 3.05) is 5.32 Å². The van der Waals surface area contributed by atoms with Gasteiger partial charge in [0.25, 0.3) is 0 Å². The number of nitrogens with zero attached hydrogens (tertiary/aromatic N) is 5. The number of amides is 2. The van der Waals surface area contributed by atoms with Crippen LogP contribution in [-0.2, 0) is 12.0 Å². The van der Waals surface area contributed by atoms with Gasteiger partial charge in [0, 0.05) is 39.6 Å². The van der Waals surface area contributed by atoms with Crippen LogP contribution in [-0.4, -0.2) is 35.5 Å². The van der Waals surface area contributed by atoms with Gasteiger partial charge in [0.2, 0.25) is 0 Å². The Balaban J connectivity index is 1.20. The molecule has 0 aliphatic rings. The van der Waals surface area contributed by atoms with Crippen LogP contribution in [0, 0.1) is 6.92 Å². The van der Waals surface area contributed by atoms with E-state index in [9.17, 15) is 9.90 Å². The normalized spacial score (nSPS) is 11.6. The van der Waals surface area contributed by atoms with E-state index in [0.717, 1.165) is 32.3 Å². The number of carbonyl (C=O) groups excluding carboxylic acids is 1. The SMILES string of the molecule is Cc1ccc(-n2nc(C(C)(C)C)cc2NC(=O)NCc2ccccc2Sc2ccc3nnc(-c4cc(O)ccc4Cl)n3c2)cc1. The second kappa shape index (κ2) is 12.3. The van der Waals surface area contributed by atoms with E-state index in [1.807, 2.05) is 84.3 Å². The van der Waals surface area contributed by atoms with Crippen LogP contribution < -0.4 is 10.6 Å². The summed E-state index contributed by atoms with van der Waals surface area (Å²) in [5, 5.41) is 29.9. The van der Waals surface area contributed by atoms with Crippen molar-refractivity contribution in [2.45, 2.75) is 49.4 Å². The molecule has 45 heavy (non-hydrogen) atoms. The van der Waals surface area contributed by atoms with Crippen molar-refractivity contribution in [1.82, 2.24) is 29.7 Å². The molecule has 0 aliphatic heterocycles. The summed E-state index contributed by atoms with van der Waals surface area (Å²) < 4.78 is 3.61. The third-order valence-electron chi connectivity index (χ3n) is 7.20. The number of anilines is 1. The number of fused-ring (bicyclic) bond motifs is 1. The largest absolute Gasteiger partial charge is 0.508 e. The second-order valence-electron chi connectivity index (χ2n) is 11.7. The van der Waals surface area contributed by atoms with Crippen molar-refractivity contribution in [2.24, 2.45) is 0 Å². The number of hydrogen-bond acceptors (Lipinski definition) is 6. The van der Waals surface area contributed by atoms with Crippen molar-refractivity contribution in [3.05, 3.63) is 113 Å². The zero-order chi connectivity index (χ0) is 31.7. The standard InChI is InChI=1S/C34H32ClN7O2S/c1-21-9-11-23(12-10-21)42-31(18-29(40-42)34(2,3)4)37-33(44)36-19-22-7-5-6-8-28(22)45-25-14-16-30-38-39-32(41(30)20-25)26-17-24(43)13-15-27(26)35/h5-18,20,43H,19H2,1-4H3,(H2,36,37,44). The molecule has 3 aromatic heterocycles. The monoisotopic (exact) mass is 637 g/mol. The molecule has 0 atom stereocenters. The Morgan fingerprint density at radius 3 is 2.53 bits per heavy atom. The molecule has 11 heteroatoms. The van der Waals surface area contributed by atoms with Crippen LogP contribution in [0.3, 0.4) is 0 Å². The average molecular weight is 638 g/mol. The second-order valence-corrected chi connectivity index (χ2v) is 13.2. The van der Waals surface area contributed by atoms with Crippen LogP contribution in [0.2, 0.25) is 5.02 Å². The van der Waals surface area contributed by atoms with Gasteiger partial charge >= 0.3 is 6.03 Å². The summed E-state index contributed by atoms with van der Waals surface area (Å²) >= 11 is 7.98.